The first-order valence-corrected chi connectivity index (χ1v) is 8.98. The molecule has 0 unspecified atom stereocenters. The number of amides is 3. The Morgan fingerprint density at radius 1 is 1.11 bits per heavy atom. The molecule has 2 aromatic carbocycles. The molecule has 142 valence electrons. The second-order valence-corrected chi connectivity index (χ2v) is 6.80. The van der Waals surface area contributed by atoms with Gasteiger partial charge < -0.3 is 16.0 Å². The molecule has 0 fully saturated rings. The summed E-state index contributed by atoms with van der Waals surface area (Å²) in [4.78, 5) is 35.7. The molecule has 0 saturated heterocycles. The predicted octanol–water partition coefficient (Wildman–Crippen LogP) is 3.03. The van der Waals surface area contributed by atoms with Gasteiger partial charge in [0.2, 0.25) is 5.91 Å². The first-order valence-electron chi connectivity index (χ1n) is 8.19. The normalized spacial score (nSPS) is 11.4. The summed E-state index contributed by atoms with van der Waals surface area (Å²) < 4.78 is 14.4. The molecule has 8 heteroatoms. The fraction of sp³-hybridized carbons (Fsp3) is 0.211. The van der Waals surface area contributed by atoms with Crippen LogP contribution in [0.25, 0.3) is 0 Å². The number of Topliss-reactive ketones (excluding diaryl/α,β-unsaturated/α-hetero) is 1. The lowest BCUT2D eigenvalue weighted by molar-refractivity contribution is -0.125. The smallest absolute Gasteiger partial charge is 0.319 e. The fourth-order valence-electron chi connectivity index (χ4n) is 2.30. The number of hydrogen-bond acceptors (Lipinski definition) is 3. The third-order valence-electron chi connectivity index (χ3n) is 3.60. The molecule has 0 aromatic heterocycles. The molecular weight excluding hydrogens is 417 g/mol. The number of anilines is 1. The maximum atomic E-state index is 13.9. The van der Waals surface area contributed by atoms with Crippen LogP contribution in [0.2, 0.25) is 0 Å². The zero-order valence-corrected chi connectivity index (χ0v) is 16.2. The van der Waals surface area contributed by atoms with Gasteiger partial charge in [-0.15, -0.1) is 0 Å². The van der Waals surface area contributed by atoms with Gasteiger partial charge in [0, 0.05) is 10.9 Å². The lowest BCUT2D eigenvalue weighted by atomic mass is 10.1. The zero-order chi connectivity index (χ0) is 19.8. The van der Waals surface area contributed by atoms with Crippen LogP contribution >= 0.6 is 15.9 Å². The Morgan fingerprint density at radius 2 is 1.81 bits per heavy atom. The molecule has 0 bridgehead atoms. The molecule has 0 aliphatic heterocycles. The Morgan fingerprint density at radius 3 is 2.44 bits per heavy atom. The highest BCUT2D eigenvalue weighted by Gasteiger charge is 2.22. The minimum absolute atomic E-state index is 0.0155. The topological polar surface area (TPSA) is 87.3 Å². The van der Waals surface area contributed by atoms with Gasteiger partial charge >= 0.3 is 6.03 Å². The van der Waals surface area contributed by atoms with Crippen LogP contribution in [0.1, 0.15) is 12.5 Å². The van der Waals surface area contributed by atoms with E-state index in [0.29, 0.717) is 4.47 Å². The van der Waals surface area contributed by atoms with Crippen LogP contribution in [0.4, 0.5) is 14.9 Å². The maximum absolute atomic E-state index is 13.9. The van der Waals surface area contributed by atoms with Gasteiger partial charge in [-0.25, -0.2) is 9.18 Å². The molecule has 0 aliphatic rings. The number of nitrogens with one attached hydrogen (secondary N) is 3. The Balaban J connectivity index is 2.08. The summed E-state index contributed by atoms with van der Waals surface area (Å²) in [5, 5.41) is 7.39. The summed E-state index contributed by atoms with van der Waals surface area (Å²) in [5.41, 5.74) is 0.814. The molecule has 3 amide bonds. The number of rotatable bonds is 7. The number of carbonyl (C=O) groups is 3. The van der Waals surface area contributed by atoms with Crippen molar-refractivity contribution in [2.24, 2.45) is 0 Å². The van der Waals surface area contributed by atoms with Crippen molar-refractivity contribution in [3.63, 3.8) is 0 Å². The predicted molar refractivity (Wildman–Crippen MR) is 104 cm³/mol. The lowest BCUT2D eigenvalue weighted by Gasteiger charge is -2.19. The first-order chi connectivity index (χ1) is 12.8. The van der Waals surface area contributed by atoms with E-state index >= 15 is 0 Å². The molecular formula is C19H19BrFN3O3. The molecule has 2 aromatic rings. The van der Waals surface area contributed by atoms with E-state index in [0.717, 1.165) is 5.56 Å². The van der Waals surface area contributed by atoms with Gasteiger partial charge in [0.05, 0.1) is 12.2 Å². The number of benzene rings is 2. The van der Waals surface area contributed by atoms with Crippen molar-refractivity contribution in [3.05, 3.63) is 64.4 Å². The van der Waals surface area contributed by atoms with Crippen molar-refractivity contribution in [3.8, 4) is 0 Å². The summed E-state index contributed by atoms with van der Waals surface area (Å²) in [6.45, 7) is 1.22. The van der Waals surface area contributed by atoms with Crippen LogP contribution in [0.5, 0.6) is 0 Å². The third-order valence-corrected chi connectivity index (χ3v) is 4.09. The first kappa shape index (κ1) is 20.6. The van der Waals surface area contributed by atoms with Gasteiger partial charge in [-0.1, -0.05) is 46.3 Å². The number of halogens is 2. The molecule has 0 aliphatic carbocycles. The van der Waals surface area contributed by atoms with E-state index in [-0.39, 0.29) is 24.4 Å². The summed E-state index contributed by atoms with van der Waals surface area (Å²) in [5.74, 6) is -1.32. The minimum Gasteiger partial charge on any atom is -0.347 e. The number of ketones is 1. The van der Waals surface area contributed by atoms with Gasteiger partial charge in [0.1, 0.15) is 17.6 Å². The van der Waals surface area contributed by atoms with Gasteiger partial charge in [-0.3, -0.25) is 9.59 Å². The van der Waals surface area contributed by atoms with E-state index in [9.17, 15) is 18.8 Å². The van der Waals surface area contributed by atoms with Crippen molar-refractivity contribution in [2.45, 2.75) is 19.4 Å². The van der Waals surface area contributed by atoms with Crippen LogP contribution in [-0.2, 0) is 16.0 Å². The molecule has 6 nitrogen and oxygen atoms in total. The van der Waals surface area contributed by atoms with E-state index in [1.807, 2.05) is 30.3 Å². The highest BCUT2D eigenvalue weighted by atomic mass is 79.9. The monoisotopic (exact) mass is 435 g/mol. The van der Waals surface area contributed by atoms with E-state index < -0.39 is 23.8 Å². The fourth-order valence-corrected chi connectivity index (χ4v) is 2.63. The lowest BCUT2D eigenvalue weighted by Crippen LogP contribution is -2.50. The summed E-state index contributed by atoms with van der Waals surface area (Å²) in [6.07, 6.45) is 0.223. The molecule has 0 heterocycles. The highest BCUT2D eigenvalue weighted by Crippen LogP contribution is 2.19. The van der Waals surface area contributed by atoms with Crippen LogP contribution in [0.15, 0.2) is 53.0 Å². The van der Waals surface area contributed by atoms with Crippen LogP contribution < -0.4 is 16.0 Å². The highest BCUT2D eigenvalue weighted by molar-refractivity contribution is 9.10. The van der Waals surface area contributed by atoms with Crippen LogP contribution in [0, 0.1) is 5.82 Å². The van der Waals surface area contributed by atoms with Gasteiger partial charge in [0.15, 0.2) is 0 Å². The molecule has 0 saturated carbocycles. The molecule has 0 radical (unpaired) electrons. The van der Waals surface area contributed by atoms with Crippen LogP contribution in [-0.4, -0.2) is 30.3 Å². The molecule has 3 N–H and O–H groups in total. The number of urea groups is 1. The molecule has 2 rings (SSSR count). The Kier molecular flexibility index (Phi) is 7.48. The number of carbonyl (C=O) groups excluding carboxylic acids is 3. The van der Waals surface area contributed by atoms with Crippen molar-refractivity contribution in [1.82, 2.24) is 10.6 Å². The van der Waals surface area contributed by atoms with Gasteiger partial charge in [0.25, 0.3) is 0 Å². The average molecular weight is 436 g/mol. The van der Waals surface area contributed by atoms with Crippen molar-refractivity contribution in [1.29, 1.82) is 0 Å². The summed E-state index contributed by atoms with van der Waals surface area (Å²) >= 11 is 3.14. The van der Waals surface area contributed by atoms with Gasteiger partial charge in [-0.2, -0.15) is 0 Å². The Hall–Kier alpha value is -2.74. The largest absolute Gasteiger partial charge is 0.347 e. The van der Waals surface area contributed by atoms with Crippen molar-refractivity contribution < 1.29 is 18.8 Å². The average Bonchev–Trinajstić information content (AvgIpc) is 2.62. The SMILES string of the molecule is CC(=O)CNC(=O)[C@H](Cc1ccccc1)NC(=O)Nc1ccc(Br)cc1F. The Labute approximate surface area is 164 Å². The van der Waals surface area contributed by atoms with Gasteiger partial charge in [-0.05, 0) is 30.7 Å². The molecule has 27 heavy (non-hydrogen) atoms. The van der Waals surface area contributed by atoms with Crippen LogP contribution in [0.3, 0.4) is 0 Å². The second-order valence-electron chi connectivity index (χ2n) is 5.88. The molecule has 1 atom stereocenters. The summed E-state index contributed by atoms with van der Waals surface area (Å²) in [6, 6.07) is 11.7. The zero-order valence-electron chi connectivity index (χ0n) is 14.6. The van der Waals surface area contributed by atoms with Crippen molar-refractivity contribution >= 4 is 39.3 Å². The van der Waals surface area contributed by atoms with E-state index in [1.54, 1.807) is 6.07 Å². The summed E-state index contributed by atoms with van der Waals surface area (Å²) in [7, 11) is 0. The van der Waals surface area contributed by atoms with Crippen molar-refractivity contribution in [2.75, 3.05) is 11.9 Å². The maximum Gasteiger partial charge on any atom is 0.319 e. The van der Waals surface area contributed by atoms with E-state index in [4.69, 9.17) is 0 Å². The molecule has 0 spiro atoms. The quantitative estimate of drug-likeness (QED) is 0.624. The standard InChI is InChI=1S/C19H19BrFN3O3/c1-12(25)11-22-18(26)17(9-13-5-3-2-4-6-13)24-19(27)23-16-8-7-14(20)10-15(16)21/h2-8,10,17H,9,11H2,1H3,(H,22,26)(H2,23,24,27)/t17-/m0/s1. The number of hydrogen-bond donors (Lipinski definition) is 3. The van der Waals surface area contributed by atoms with E-state index in [1.165, 1.54) is 19.1 Å². The minimum atomic E-state index is -0.926. The van der Waals surface area contributed by atoms with E-state index in [2.05, 4.69) is 31.9 Å². The second kappa shape index (κ2) is 9.82. The Bertz CT molecular complexity index is 830. The third kappa shape index (κ3) is 6.82.